The third kappa shape index (κ3) is 2.64. The van der Waals surface area contributed by atoms with Gasteiger partial charge in [-0.15, -0.1) is 0 Å². The molecule has 1 N–H and O–H groups in total. The van der Waals surface area contributed by atoms with Crippen LogP contribution in [0, 0.1) is 5.92 Å². The van der Waals surface area contributed by atoms with Gasteiger partial charge in [-0.05, 0) is 32.4 Å². The van der Waals surface area contributed by atoms with Crippen molar-refractivity contribution >= 4 is 11.6 Å². The summed E-state index contributed by atoms with van der Waals surface area (Å²) in [6.45, 7) is 2.51. The first-order valence-electron chi connectivity index (χ1n) is 6.12. The van der Waals surface area contributed by atoms with E-state index in [4.69, 9.17) is 16.3 Å². The molecule has 96 valence electrons. The second-order valence-electron chi connectivity index (χ2n) is 4.60. The number of methoxy groups -OCH3 is 1. The molecule has 2 rings (SSSR count). The summed E-state index contributed by atoms with van der Waals surface area (Å²) in [6.07, 6.45) is 4.24. The van der Waals surface area contributed by atoms with Crippen molar-refractivity contribution in [2.24, 2.45) is 5.92 Å². The number of nitrogens with one attached hydrogen (secondary N) is 1. The van der Waals surface area contributed by atoms with Gasteiger partial charge in [0.1, 0.15) is 0 Å². The van der Waals surface area contributed by atoms with E-state index in [1.54, 1.807) is 13.3 Å². The highest BCUT2D eigenvalue weighted by atomic mass is 35.5. The normalized spacial score (nSPS) is 23.7. The zero-order chi connectivity index (χ0) is 12.3. The highest BCUT2D eigenvalue weighted by Crippen LogP contribution is 2.44. The Morgan fingerprint density at radius 1 is 1.59 bits per heavy atom. The molecular formula is C12H20ClN3O. The number of nitrogens with zero attached hydrogens (tertiary/aromatic N) is 2. The molecular weight excluding hydrogens is 238 g/mol. The lowest BCUT2D eigenvalue weighted by molar-refractivity contribution is 0.176. The van der Waals surface area contributed by atoms with Crippen molar-refractivity contribution in [3.05, 3.63) is 16.9 Å². The summed E-state index contributed by atoms with van der Waals surface area (Å²) in [5, 5.41) is 8.38. The predicted molar refractivity (Wildman–Crippen MR) is 68.5 cm³/mol. The third-order valence-electron chi connectivity index (χ3n) is 3.58. The van der Waals surface area contributed by atoms with Gasteiger partial charge in [0.05, 0.1) is 30.1 Å². The van der Waals surface area contributed by atoms with Crippen molar-refractivity contribution in [3.63, 3.8) is 0 Å². The predicted octanol–water partition coefficient (Wildman–Crippen LogP) is 1.90. The quantitative estimate of drug-likeness (QED) is 0.846. The molecule has 1 fully saturated rings. The van der Waals surface area contributed by atoms with Gasteiger partial charge in [0.25, 0.3) is 0 Å². The SMILES string of the molecule is CNCC1CCC1c1c(Cl)cnn1CCOC. The van der Waals surface area contributed by atoms with Gasteiger partial charge >= 0.3 is 0 Å². The average Bonchev–Trinajstić information content (AvgIpc) is 2.64. The number of halogens is 1. The molecule has 0 aliphatic heterocycles. The molecule has 0 saturated heterocycles. The van der Waals surface area contributed by atoms with Crippen LogP contribution in [0.25, 0.3) is 0 Å². The molecule has 1 heterocycles. The van der Waals surface area contributed by atoms with Crippen LogP contribution in [0.2, 0.25) is 5.02 Å². The highest BCUT2D eigenvalue weighted by Gasteiger charge is 2.35. The number of hydrogen-bond donors (Lipinski definition) is 1. The van der Waals surface area contributed by atoms with Crippen LogP contribution in [0.3, 0.4) is 0 Å². The van der Waals surface area contributed by atoms with Crippen LogP contribution >= 0.6 is 11.6 Å². The summed E-state index contributed by atoms with van der Waals surface area (Å²) in [7, 11) is 3.71. The second-order valence-corrected chi connectivity index (χ2v) is 5.00. The summed E-state index contributed by atoms with van der Waals surface area (Å²) in [6, 6.07) is 0. The minimum absolute atomic E-state index is 0.550. The summed E-state index contributed by atoms with van der Waals surface area (Å²) in [4.78, 5) is 0. The maximum atomic E-state index is 6.25. The fourth-order valence-electron chi connectivity index (χ4n) is 2.53. The molecule has 17 heavy (non-hydrogen) atoms. The highest BCUT2D eigenvalue weighted by molar-refractivity contribution is 6.31. The molecule has 0 aromatic carbocycles. The van der Waals surface area contributed by atoms with Gasteiger partial charge in [0.15, 0.2) is 0 Å². The fourth-order valence-corrected chi connectivity index (χ4v) is 2.81. The second kappa shape index (κ2) is 5.85. The molecule has 1 aromatic heterocycles. The lowest BCUT2D eigenvalue weighted by atomic mass is 9.71. The summed E-state index contributed by atoms with van der Waals surface area (Å²) >= 11 is 6.25. The Kier molecular flexibility index (Phi) is 4.42. The van der Waals surface area contributed by atoms with Crippen LogP contribution in [0.5, 0.6) is 0 Å². The lowest BCUT2D eigenvalue weighted by Gasteiger charge is -2.37. The largest absolute Gasteiger partial charge is 0.383 e. The van der Waals surface area contributed by atoms with Crippen molar-refractivity contribution in [2.75, 3.05) is 27.3 Å². The van der Waals surface area contributed by atoms with Crippen molar-refractivity contribution in [1.29, 1.82) is 0 Å². The van der Waals surface area contributed by atoms with Gasteiger partial charge in [-0.1, -0.05) is 11.6 Å². The Morgan fingerprint density at radius 2 is 2.41 bits per heavy atom. The van der Waals surface area contributed by atoms with Crippen molar-refractivity contribution < 1.29 is 4.74 Å². The van der Waals surface area contributed by atoms with Crippen molar-refractivity contribution in [1.82, 2.24) is 15.1 Å². The van der Waals surface area contributed by atoms with Gasteiger partial charge in [-0.2, -0.15) is 5.10 Å². The molecule has 0 bridgehead atoms. The molecule has 2 unspecified atom stereocenters. The maximum absolute atomic E-state index is 6.25. The monoisotopic (exact) mass is 257 g/mol. The first-order chi connectivity index (χ1) is 8.27. The minimum atomic E-state index is 0.550. The van der Waals surface area contributed by atoms with Crippen LogP contribution in [-0.2, 0) is 11.3 Å². The zero-order valence-electron chi connectivity index (χ0n) is 10.4. The van der Waals surface area contributed by atoms with Crippen LogP contribution in [-0.4, -0.2) is 37.1 Å². The first-order valence-corrected chi connectivity index (χ1v) is 6.50. The Morgan fingerprint density at radius 3 is 3.00 bits per heavy atom. The summed E-state index contributed by atoms with van der Waals surface area (Å²) in [5.41, 5.74) is 1.19. The fraction of sp³-hybridized carbons (Fsp3) is 0.750. The first kappa shape index (κ1) is 12.9. The van der Waals surface area contributed by atoms with E-state index in [1.165, 1.54) is 18.5 Å². The molecule has 0 spiro atoms. The topological polar surface area (TPSA) is 39.1 Å². The smallest absolute Gasteiger partial charge is 0.0820 e. The minimum Gasteiger partial charge on any atom is -0.383 e. The molecule has 0 radical (unpaired) electrons. The molecule has 1 aliphatic rings. The van der Waals surface area contributed by atoms with E-state index in [1.807, 2.05) is 11.7 Å². The van der Waals surface area contributed by atoms with Gasteiger partial charge in [-0.3, -0.25) is 4.68 Å². The van der Waals surface area contributed by atoms with E-state index in [2.05, 4.69) is 10.4 Å². The Hall–Kier alpha value is -0.580. The van der Waals surface area contributed by atoms with E-state index in [0.29, 0.717) is 18.4 Å². The Labute approximate surface area is 107 Å². The molecule has 1 aliphatic carbocycles. The van der Waals surface area contributed by atoms with Crippen LogP contribution < -0.4 is 5.32 Å². The maximum Gasteiger partial charge on any atom is 0.0820 e. The number of ether oxygens (including phenoxy) is 1. The molecule has 5 heteroatoms. The Bertz CT molecular complexity index is 367. The molecule has 2 atom stereocenters. The van der Waals surface area contributed by atoms with E-state index >= 15 is 0 Å². The Balaban J connectivity index is 2.10. The third-order valence-corrected chi connectivity index (χ3v) is 3.87. The van der Waals surface area contributed by atoms with Crippen molar-refractivity contribution in [2.45, 2.75) is 25.3 Å². The van der Waals surface area contributed by atoms with E-state index in [9.17, 15) is 0 Å². The molecule has 1 aromatic rings. The summed E-state index contributed by atoms with van der Waals surface area (Å²) < 4.78 is 7.10. The van der Waals surface area contributed by atoms with Gasteiger partial charge in [-0.25, -0.2) is 0 Å². The van der Waals surface area contributed by atoms with E-state index in [0.717, 1.165) is 18.1 Å². The average molecular weight is 258 g/mol. The van der Waals surface area contributed by atoms with Gasteiger partial charge < -0.3 is 10.1 Å². The summed E-state index contributed by atoms with van der Waals surface area (Å²) in [5.74, 6) is 1.24. The van der Waals surface area contributed by atoms with Crippen molar-refractivity contribution in [3.8, 4) is 0 Å². The standard InChI is InChI=1S/C12H20ClN3O/c1-14-7-9-3-4-10(9)12-11(13)8-15-16(12)5-6-17-2/h8-10,14H,3-7H2,1-2H3. The number of hydrogen-bond acceptors (Lipinski definition) is 3. The zero-order valence-corrected chi connectivity index (χ0v) is 11.2. The van der Waals surface area contributed by atoms with Crippen LogP contribution in [0.1, 0.15) is 24.5 Å². The van der Waals surface area contributed by atoms with E-state index in [-0.39, 0.29) is 0 Å². The molecule has 0 amide bonds. The molecule has 1 saturated carbocycles. The number of rotatable bonds is 6. The lowest BCUT2D eigenvalue weighted by Crippen LogP contribution is -2.34. The van der Waals surface area contributed by atoms with Crippen LogP contribution in [0.15, 0.2) is 6.20 Å². The van der Waals surface area contributed by atoms with Gasteiger partial charge in [0, 0.05) is 13.0 Å². The van der Waals surface area contributed by atoms with Gasteiger partial charge in [0.2, 0.25) is 0 Å². The molecule has 4 nitrogen and oxygen atoms in total. The van der Waals surface area contributed by atoms with Crippen LogP contribution in [0.4, 0.5) is 0 Å². The van der Waals surface area contributed by atoms with E-state index < -0.39 is 0 Å². The number of aromatic nitrogens is 2.